The van der Waals surface area contributed by atoms with Crippen LogP contribution in [-0.4, -0.2) is 21.7 Å². The zero-order valence-corrected chi connectivity index (χ0v) is 18.5. The van der Waals surface area contributed by atoms with E-state index in [1.807, 2.05) is 0 Å². The minimum Gasteiger partial charge on any atom is -0.348 e. The first kappa shape index (κ1) is 24.1. The Hall–Kier alpha value is -4.60. The monoisotopic (exact) mass is 462 g/mol. The summed E-state index contributed by atoms with van der Waals surface area (Å²) in [7, 11) is 0. The predicted octanol–water partition coefficient (Wildman–Crippen LogP) is 3.98. The molecule has 2 N–H and O–H groups in total. The van der Waals surface area contributed by atoms with Crippen LogP contribution in [0.1, 0.15) is 43.0 Å². The maximum Gasteiger partial charge on any atom is 0.272 e. The van der Waals surface area contributed by atoms with Gasteiger partial charge >= 0.3 is 0 Å². The smallest absolute Gasteiger partial charge is 0.272 e. The van der Waals surface area contributed by atoms with Gasteiger partial charge in [0, 0.05) is 47.5 Å². The van der Waals surface area contributed by atoms with Crippen LogP contribution in [0.25, 0.3) is 0 Å². The number of rotatable bonds is 8. The van der Waals surface area contributed by atoms with Gasteiger partial charge < -0.3 is 10.6 Å². The van der Waals surface area contributed by atoms with Crippen molar-refractivity contribution in [2.24, 2.45) is 0 Å². The lowest BCUT2D eigenvalue weighted by molar-refractivity contribution is -0.385. The molecule has 3 aromatic carbocycles. The summed E-state index contributed by atoms with van der Waals surface area (Å²) >= 11 is 0. The van der Waals surface area contributed by atoms with Crippen molar-refractivity contribution in [3.05, 3.63) is 114 Å². The molecule has 0 aliphatic rings. The number of nitrogens with zero attached hydrogens (tertiary/aromatic N) is 2. The van der Waals surface area contributed by atoms with Gasteiger partial charge in [-0.05, 0) is 43.2 Å². The summed E-state index contributed by atoms with van der Waals surface area (Å²) in [5, 5.41) is 27.6. The highest BCUT2D eigenvalue weighted by molar-refractivity contribution is 5.99. The highest BCUT2D eigenvalue weighted by Gasteiger charge is 2.15. The first-order valence-electron chi connectivity index (χ1n) is 10.3. The van der Waals surface area contributed by atoms with Crippen molar-refractivity contribution in [3.63, 3.8) is 0 Å². The number of nitro benzene ring substituents is 2. The van der Waals surface area contributed by atoms with Gasteiger partial charge in [0.05, 0.1) is 9.85 Å². The van der Waals surface area contributed by atoms with Crippen molar-refractivity contribution >= 4 is 23.2 Å². The first-order valence-corrected chi connectivity index (χ1v) is 10.3. The third-order valence-corrected chi connectivity index (χ3v) is 5.23. The van der Waals surface area contributed by atoms with E-state index in [0.29, 0.717) is 22.3 Å². The molecule has 0 saturated heterocycles. The van der Waals surface area contributed by atoms with Crippen LogP contribution in [0, 0.1) is 34.1 Å². The second kappa shape index (κ2) is 10.3. The number of hydrogen-bond donors (Lipinski definition) is 2. The fourth-order valence-electron chi connectivity index (χ4n) is 3.29. The number of hydrogen-bond acceptors (Lipinski definition) is 6. The van der Waals surface area contributed by atoms with Gasteiger partial charge in [0.1, 0.15) is 0 Å². The Labute approximate surface area is 194 Å². The van der Waals surface area contributed by atoms with E-state index in [9.17, 15) is 29.8 Å². The summed E-state index contributed by atoms with van der Waals surface area (Å²) in [6, 6.07) is 15.5. The van der Waals surface area contributed by atoms with E-state index in [4.69, 9.17) is 0 Å². The summed E-state index contributed by atoms with van der Waals surface area (Å²) in [6.45, 7) is 3.44. The number of carbonyl (C=O) groups is 2. The molecule has 0 aliphatic heterocycles. The fourth-order valence-corrected chi connectivity index (χ4v) is 3.29. The molecule has 0 aromatic heterocycles. The van der Waals surface area contributed by atoms with E-state index in [-0.39, 0.29) is 35.6 Å². The number of amides is 2. The average Bonchev–Trinajstić information content (AvgIpc) is 2.82. The quantitative estimate of drug-likeness (QED) is 0.383. The molecule has 0 fully saturated rings. The lowest BCUT2D eigenvalue weighted by Gasteiger charge is -2.09. The van der Waals surface area contributed by atoms with Gasteiger partial charge in [-0.2, -0.15) is 0 Å². The standard InChI is InChI=1S/C24H22N4O6/c1-15-6-8-17(10-21(15)27(31)32)13-25-23(29)19-4-3-5-20(12-19)24(30)26-14-18-9-7-16(2)22(11-18)28(33)34/h3-12H,13-14H2,1-2H3,(H,25,29)(H,26,30). The Morgan fingerprint density at radius 3 is 1.50 bits per heavy atom. The molecule has 10 heteroatoms. The van der Waals surface area contributed by atoms with Crippen LogP contribution in [0.3, 0.4) is 0 Å². The van der Waals surface area contributed by atoms with Gasteiger partial charge in [-0.15, -0.1) is 0 Å². The summed E-state index contributed by atoms with van der Waals surface area (Å²) < 4.78 is 0. The molecule has 0 spiro atoms. The maximum absolute atomic E-state index is 12.6. The SMILES string of the molecule is Cc1ccc(CNC(=O)c2cccc(C(=O)NCc3ccc(C)c([N+](=O)[O-])c3)c2)cc1[N+](=O)[O-]. The molecule has 10 nitrogen and oxygen atoms in total. The zero-order chi connectivity index (χ0) is 24.8. The Kier molecular flexibility index (Phi) is 7.32. The van der Waals surface area contributed by atoms with Crippen LogP contribution in [0.5, 0.6) is 0 Å². The van der Waals surface area contributed by atoms with Crippen molar-refractivity contribution in [2.45, 2.75) is 26.9 Å². The summed E-state index contributed by atoms with van der Waals surface area (Å²) in [5.74, 6) is -0.876. The van der Waals surface area contributed by atoms with E-state index in [1.165, 1.54) is 18.2 Å². The number of benzene rings is 3. The van der Waals surface area contributed by atoms with E-state index >= 15 is 0 Å². The Balaban J connectivity index is 1.64. The lowest BCUT2D eigenvalue weighted by atomic mass is 10.1. The van der Waals surface area contributed by atoms with Gasteiger partial charge in [0.2, 0.25) is 0 Å². The van der Waals surface area contributed by atoms with Gasteiger partial charge in [0.25, 0.3) is 23.2 Å². The Bertz CT molecular complexity index is 1190. The van der Waals surface area contributed by atoms with Crippen molar-refractivity contribution in [1.29, 1.82) is 0 Å². The van der Waals surface area contributed by atoms with E-state index in [2.05, 4.69) is 10.6 Å². The van der Waals surface area contributed by atoms with Crippen molar-refractivity contribution in [1.82, 2.24) is 10.6 Å². The third kappa shape index (κ3) is 5.80. The van der Waals surface area contributed by atoms with Crippen LogP contribution in [0.2, 0.25) is 0 Å². The number of nitro groups is 2. The fraction of sp³-hybridized carbons (Fsp3) is 0.167. The summed E-state index contributed by atoms with van der Waals surface area (Å²) in [4.78, 5) is 46.3. The van der Waals surface area contributed by atoms with E-state index in [1.54, 1.807) is 56.3 Å². The van der Waals surface area contributed by atoms with Crippen molar-refractivity contribution in [2.75, 3.05) is 0 Å². The average molecular weight is 462 g/mol. The summed E-state index contributed by atoms with van der Waals surface area (Å²) in [6.07, 6.45) is 0. The highest BCUT2D eigenvalue weighted by atomic mass is 16.6. The molecular formula is C24H22N4O6. The molecule has 34 heavy (non-hydrogen) atoms. The van der Waals surface area contributed by atoms with Crippen LogP contribution < -0.4 is 10.6 Å². The Morgan fingerprint density at radius 2 is 1.12 bits per heavy atom. The van der Waals surface area contributed by atoms with Gasteiger partial charge in [-0.1, -0.05) is 30.3 Å². The highest BCUT2D eigenvalue weighted by Crippen LogP contribution is 2.20. The molecule has 0 aliphatic carbocycles. The second-order valence-corrected chi connectivity index (χ2v) is 7.70. The molecule has 0 saturated carbocycles. The topological polar surface area (TPSA) is 144 Å². The number of carbonyl (C=O) groups excluding carboxylic acids is 2. The van der Waals surface area contributed by atoms with Crippen LogP contribution >= 0.6 is 0 Å². The molecule has 0 bridgehead atoms. The van der Waals surface area contributed by atoms with Crippen LogP contribution in [0.15, 0.2) is 60.7 Å². The van der Waals surface area contributed by atoms with Gasteiger partial charge in [0.15, 0.2) is 0 Å². The number of aryl methyl sites for hydroxylation is 2. The summed E-state index contributed by atoms with van der Waals surface area (Å²) in [5.41, 5.74) is 2.66. The third-order valence-electron chi connectivity index (χ3n) is 5.23. The van der Waals surface area contributed by atoms with Crippen molar-refractivity contribution < 1.29 is 19.4 Å². The maximum atomic E-state index is 12.6. The molecule has 0 heterocycles. The molecule has 3 aromatic rings. The molecular weight excluding hydrogens is 440 g/mol. The predicted molar refractivity (Wildman–Crippen MR) is 124 cm³/mol. The zero-order valence-electron chi connectivity index (χ0n) is 18.5. The van der Waals surface area contributed by atoms with Crippen molar-refractivity contribution in [3.8, 4) is 0 Å². The van der Waals surface area contributed by atoms with Gasteiger partial charge in [-0.3, -0.25) is 29.8 Å². The van der Waals surface area contributed by atoms with E-state index < -0.39 is 21.7 Å². The first-order chi connectivity index (χ1) is 16.2. The van der Waals surface area contributed by atoms with E-state index in [0.717, 1.165) is 0 Å². The van der Waals surface area contributed by atoms with Gasteiger partial charge in [-0.25, -0.2) is 0 Å². The Morgan fingerprint density at radius 1 is 0.706 bits per heavy atom. The van der Waals surface area contributed by atoms with Crippen LogP contribution in [0.4, 0.5) is 11.4 Å². The molecule has 3 rings (SSSR count). The molecule has 0 radical (unpaired) electrons. The minimum absolute atomic E-state index is 0.0238. The largest absolute Gasteiger partial charge is 0.348 e. The number of nitrogens with one attached hydrogen (secondary N) is 2. The molecule has 2 amide bonds. The normalized spacial score (nSPS) is 10.4. The molecule has 0 unspecified atom stereocenters. The molecule has 174 valence electrons. The molecule has 0 atom stereocenters. The van der Waals surface area contributed by atoms with Crippen LogP contribution in [-0.2, 0) is 13.1 Å². The minimum atomic E-state index is -0.475. The second-order valence-electron chi connectivity index (χ2n) is 7.70. The lowest BCUT2D eigenvalue weighted by Crippen LogP contribution is -2.25.